The first-order valence-corrected chi connectivity index (χ1v) is 7.12. The van der Waals surface area contributed by atoms with Gasteiger partial charge in [-0.05, 0) is 24.7 Å². The van der Waals surface area contributed by atoms with Crippen LogP contribution in [-0.4, -0.2) is 36.7 Å². The van der Waals surface area contributed by atoms with Gasteiger partial charge in [0, 0.05) is 25.0 Å². The van der Waals surface area contributed by atoms with Crippen molar-refractivity contribution in [1.82, 2.24) is 5.32 Å². The smallest absolute Gasteiger partial charge is 0.156 e. The van der Waals surface area contributed by atoms with E-state index >= 15 is 0 Å². The topological polar surface area (TPSA) is 33.6 Å². The van der Waals surface area contributed by atoms with Crippen molar-refractivity contribution in [2.45, 2.75) is 38.4 Å². The first kappa shape index (κ1) is 12.2. The zero-order valence-electron chi connectivity index (χ0n) is 10.3. The molecule has 16 heavy (non-hydrogen) atoms. The van der Waals surface area contributed by atoms with E-state index in [-0.39, 0.29) is 0 Å². The van der Waals surface area contributed by atoms with Gasteiger partial charge in [0.2, 0.25) is 0 Å². The fourth-order valence-corrected chi connectivity index (χ4v) is 2.99. The van der Waals surface area contributed by atoms with Gasteiger partial charge in [-0.3, -0.25) is 4.99 Å². The molecule has 1 unspecified atom stereocenters. The van der Waals surface area contributed by atoms with Gasteiger partial charge in [0.05, 0.1) is 6.54 Å². The Hall–Kier alpha value is -0.220. The largest absolute Gasteiger partial charge is 0.381 e. The maximum atomic E-state index is 5.41. The number of amidine groups is 1. The molecule has 0 amide bonds. The van der Waals surface area contributed by atoms with Gasteiger partial charge >= 0.3 is 0 Å². The van der Waals surface area contributed by atoms with Gasteiger partial charge in [0.1, 0.15) is 0 Å². The van der Waals surface area contributed by atoms with Crippen LogP contribution in [0.3, 0.4) is 0 Å². The van der Waals surface area contributed by atoms with Crippen LogP contribution >= 0.6 is 11.8 Å². The van der Waals surface area contributed by atoms with Crippen molar-refractivity contribution in [2.75, 3.05) is 26.3 Å². The lowest BCUT2D eigenvalue weighted by atomic mass is 9.82. The van der Waals surface area contributed by atoms with E-state index < -0.39 is 0 Å². The lowest BCUT2D eigenvalue weighted by molar-refractivity contribution is 0.0262. The second-order valence-corrected chi connectivity index (χ2v) is 6.36. The Balaban J connectivity index is 1.75. The fraction of sp³-hybridized carbons (Fsp3) is 0.917. The molecule has 0 saturated carbocycles. The Bertz CT molecular complexity index is 262. The third-order valence-electron chi connectivity index (χ3n) is 3.54. The van der Waals surface area contributed by atoms with E-state index in [2.05, 4.69) is 24.2 Å². The van der Waals surface area contributed by atoms with Crippen molar-refractivity contribution in [3.8, 4) is 0 Å². The van der Waals surface area contributed by atoms with Crippen LogP contribution in [0.25, 0.3) is 0 Å². The van der Waals surface area contributed by atoms with Gasteiger partial charge in [-0.2, -0.15) is 0 Å². The number of hydrogen-bond donors (Lipinski definition) is 1. The summed E-state index contributed by atoms with van der Waals surface area (Å²) in [5.41, 5.74) is 0.394. The van der Waals surface area contributed by atoms with Gasteiger partial charge in [-0.1, -0.05) is 25.6 Å². The van der Waals surface area contributed by atoms with Crippen LogP contribution in [0, 0.1) is 5.41 Å². The van der Waals surface area contributed by atoms with E-state index in [0.717, 1.165) is 44.3 Å². The summed E-state index contributed by atoms with van der Waals surface area (Å²) in [5.74, 6) is 0. The highest BCUT2D eigenvalue weighted by atomic mass is 32.2. The first-order chi connectivity index (χ1) is 7.72. The molecule has 1 atom stereocenters. The molecule has 1 N–H and O–H groups in total. The van der Waals surface area contributed by atoms with Crippen LogP contribution < -0.4 is 5.32 Å². The zero-order chi connectivity index (χ0) is 11.4. The molecule has 92 valence electrons. The van der Waals surface area contributed by atoms with Gasteiger partial charge in [-0.15, -0.1) is 0 Å². The average Bonchev–Trinajstić information content (AvgIpc) is 2.75. The van der Waals surface area contributed by atoms with E-state index in [4.69, 9.17) is 4.74 Å². The molecule has 1 fully saturated rings. The molecule has 0 spiro atoms. The Morgan fingerprint density at radius 3 is 2.88 bits per heavy atom. The van der Waals surface area contributed by atoms with Gasteiger partial charge < -0.3 is 10.1 Å². The molecular formula is C12H22N2OS. The van der Waals surface area contributed by atoms with Crippen LogP contribution in [-0.2, 0) is 4.74 Å². The molecule has 2 aliphatic heterocycles. The molecule has 0 aliphatic carbocycles. The molecule has 0 radical (unpaired) electrons. The highest BCUT2D eigenvalue weighted by molar-refractivity contribution is 8.14. The third kappa shape index (κ3) is 3.14. The quantitative estimate of drug-likeness (QED) is 0.824. The summed E-state index contributed by atoms with van der Waals surface area (Å²) in [6, 6.07) is 0. The maximum absolute atomic E-state index is 5.41. The second kappa shape index (κ2) is 5.41. The Morgan fingerprint density at radius 2 is 2.25 bits per heavy atom. The Labute approximate surface area is 102 Å². The molecular weight excluding hydrogens is 220 g/mol. The lowest BCUT2D eigenvalue weighted by Crippen LogP contribution is -2.38. The summed E-state index contributed by atoms with van der Waals surface area (Å²) in [6.45, 7) is 8.43. The molecule has 0 aromatic rings. The standard InChI is InChI=1S/C12H22N2OS/c1-3-10-8-13-11(16-10)14-9-12(2)4-6-15-7-5-12/h10H,3-9H2,1-2H3,(H,13,14). The number of thioether (sulfide) groups is 1. The molecule has 0 aromatic heterocycles. The van der Waals surface area contributed by atoms with Crippen LogP contribution in [0.5, 0.6) is 0 Å². The predicted molar refractivity (Wildman–Crippen MR) is 70.1 cm³/mol. The second-order valence-electron chi connectivity index (χ2n) is 5.07. The Kier molecular flexibility index (Phi) is 4.14. The van der Waals surface area contributed by atoms with Crippen LogP contribution in [0.1, 0.15) is 33.1 Å². The number of ether oxygens (including phenoxy) is 1. The Morgan fingerprint density at radius 1 is 1.50 bits per heavy atom. The van der Waals surface area contributed by atoms with Crippen molar-refractivity contribution in [3.05, 3.63) is 0 Å². The van der Waals surface area contributed by atoms with E-state index in [0.29, 0.717) is 10.7 Å². The highest BCUT2D eigenvalue weighted by Gasteiger charge is 2.28. The summed E-state index contributed by atoms with van der Waals surface area (Å²) >= 11 is 1.91. The minimum atomic E-state index is 0.394. The fourth-order valence-electron chi connectivity index (χ4n) is 2.06. The summed E-state index contributed by atoms with van der Waals surface area (Å²) in [6.07, 6.45) is 3.54. The molecule has 4 heteroatoms. The van der Waals surface area contributed by atoms with Gasteiger partial charge in [-0.25, -0.2) is 0 Å². The van der Waals surface area contributed by atoms with E-state index in [1.54, 1.807) is 0 Å². The molecule has 2 aliphatic rings. The summed E-state index contributed by atoms with van der Waals surface area (Å²) in [5, 5.41) is 5.36. The minimum absolute atomic E-state index is 0.394. The molecule has 2 heterocycles. The van der Waals surface area contributed by atoms with Crippen molar-refractivity contribution >= 4 is 16.9 Å². The van der Waals surface area contributed by atoms with E-state index in [9.17, 15) is 0 Å². The third-order valence-corrected chi connectivity index (χ3v) is 4.85. The van der Waals surface area contributed by atoms with Crippen LogP contribution in [0.4, 0.5) is 0 Å². The average molecular weight is 242 g/mol. The van der Waals surface area contributed by atoms with Gasteiger partial charge in [0.25, 0.3) is 0 Å². The van der Waals surface area contributed by atoms with Crippen molar-refractivity contribution < 1.29 is 4.74 Å². The summed E-state index contributed by atoms with van der Waals surface area (Å²) in [7, 11) is 0. The predicted octanol–water partition coefficient (Wildman–Crippen LogP) is 2.27. The molecule has 0 bridgehead atoms. The minimum Gasteiger partial charge on any atom is -0.381 e. The van der Waals surface area contributed by atoms with Crippen molar-refractivity contribution in [1.29, 1.82) is 0 Å². The van der Waals surface area contributed by atoms with E-state index in [1.165, 1.54) is 6.42 Å². The maximum Gasteiger partial charge on any atom is 0.156 e. The van der Waals surface area contributed by atoms with Crippen molar-refractivity contribution in [2.24, 2.45) is 10.4 Å². The molecule has 2 rings (SSSR count). The molecule has 3 nitrogen and oxygen atoms in total. The molecule has 0 aromatic carbocycles. The summed E-state index contributed by atoms with van der Waals surface area (Å²) in [4.78, 5) is 4.54. The van der Waals surface area contributed by atoms with Gasteiger partial charge in [0.15, 0.2) is 5.17 Å². The van der Waals surface area contributed by atoms with E-state index in [1.807, 2.05) is 11.8 Å². The zero-order valence-corrected chi connectivity index (χ0v) is 11.1. The number of nitrogens with zero attached hydrogens (tertiary/aromatic N) is 1. The monoisotopic (exact) mass is 242 g/mol. The normalized spacial score (nSPS) is 28.9. The van der Waals surface area contributed by atoms with Crippen LogP contribution in [0.2, 0.25) is 0 Å². The number of aliphatic imine (C=N–C) groups is 1. The summed E-state index contributed by atoms with van der Waals surface area (Å²) < 4.78 is 5.41. The molecule has 1 saturated heterocycles. The van der Waals surface area contributed by atoms with Crippen LogP contribution in [0.15, 0.2) is 4.99 Å². The SMILES string of the molecule is CCC1CN=C(NCC2(C)CCOCC2)S1. The number of nitrogens with one attached hydrogen (secondary N) is 1. The highest BCUT2D eigenvalue weighted by Crippen LogP contribution is 2.29. The lowest BCUT2D eigenvalue weighted by Gasteiger charge is -2.33. The number of hydrogen-bond acceptors (Lipinski definition) is 4. The first-order valence-electron chi connectivity index (χ1n) is 6.24. The number of rotatable bonds is 3. The van der Waals surface area contributed by atoms with Crippen molar-refractivity contribution in [3.63, 3.8) is 0 Å².